The van der Waals surface area contributed by atoms with E-state index in [1.807, 2.05) is 6.07 Å². The molecule has 1 unspecified atom stereocenters. The van der Waals surface area contributed by atoms with Gasteiger partial charge in [-0.25, -0.2) is 9.37 Å². The number of halogens is 1. The lowest BCUT2D eigenvalue weighted by Gasteiger charge is -2.19. The van der Waals surface area contributed by atoms with E-state index in [1.54, 1.807) is 6.07 Å². The van der Waals surface area contributed by atoms with Gasteiger partial charge >= 0.3 is 0 Å². The molecule has 94 valence electrons. The van der Waals surface area contributed by atoms with Crippen LogP contribution in [-0.4, -0.2) is 22.4 Å². The monoisotopic (exact) mass is 263 g/mol. The normalized spacial score (nSPS) is 19.9. The van der Waals surface area contributed by atoms with Crippen molar-refractivity contribution in [1.82, 2.24) is 14.7 Å². The highest BCUT2D eigenvalue weighted by molar-refractivity contribution is 7.09. The third-order valence-corrected chi connectivity index (χ3v) is 3.95. The lowest BCUT2D eigenvalue weighted by molar-refractivity contribution is 0.449. The van der Waals surface area contributed by atoms with E-state index in [0.29, 0.717) is 5.92 Å². The van der Waals surface area contributed by atoms with Crippen molar-refractivity contribution in [3.05, 3.63) is 35.9 Å². The summed E-state index contributed by atoms with van der Waals surface area (Å²) >= 11 is 1.35. The van der Waals surface area contributed by atoms with Gasteiger partial charge in [-0.2, -0.15) is 4.37 Å². The molecule has 0 saturated carbocycles. The summed E-state index contributed by atoms with van der Waals surface area (Å²) in [4.78, 5) is 4.55. The number of aromatic nitrogens is 2. The molecule has 1 atom stereocenters. The Morgan fingerprint density at radius 3 is 3.11 bits per heavy atom. The zero-order chi connectivity index (χ0) is 12.4. The molecule has 0 bridgehead atoms. The summed E-state index contributed by atoms with van der Waals surface area (Å²) in [6.07, 6.45) is 2.30. The smallest absolute Gasteiger partial charge is 0.147 e. The van der Waals surface area contributed by atoms with Gasteiger partial charge in [-0.3, -0.25) is 0 Å². The van der Waals surface area contributed by atoms with E-state index in [9.17, 15) is 4.39 Å². The van der Waals surface area contributed by atoms with Crippen LogP contribution in [0.3, 0.4) is 0 Å². The summed E-state index contributed by atoms with van der Waals surface area (Å²) in [6.45, 7) is 2.02. The summed E-state index contributed by atoms with van der Waals surface area (Å²) in [7, 11) is 0. The van der Waals surface area contributed by atoms with Crippen molar-refractivity contribution in [3.8, 4) is 10.6 Å². The predicted octanol–water partition coefficient (Wildman–Crippen LogP) is 2.81. The van der Waals surface area contributed by atoms with Gasteiger partial charge in [-0.1, -0.05) is 12.1 Å². The van der Waals surface area contributed by atoms with E-state index in [0.717, 1.165) is 35.9 Å². The van der Waals surface area contributed by atoms with Crippen LogP contribution >= 0.6 is 11.5 Å². The molecule has 0 radical (unpaired) electrons. The topological polar surface area (TPSA) is 37.8 Å². The van der Waals surface area contributed by atoms with E-state index in [1.165, 1.54) is 30.1 Å². The molecule has 0 spiro atoms. The number of rotatable bonds is 2. The number of nitrogens with zero attached hydrogens (tertiary/aromatic N) is 2. The molecule has 1 saturated heterocycles. The molecule has 5 heteroatoms. The number of hydrogen-bond acceptors (Lipinski definition) is 4. The minimum atomic E-state index is -0.233. The van der Waals surface area contributed by atoms with Gasteiger partial charge in [-0.05, 0) is 43.1 Å². The van der Waals surface area contributed by atoms with Crippen molar-refractivity contribution in [3.63, 3.8) is 0 Å². The molecule has 18 heavy (non-hydrogen) atoms. The summed E-state index contributed by atoms with van der Waals surface area (Å²) < 4.78 is 17.6. The van der Waals surface area contributed by atoms with Gasteiger partial charge < -0.3 is 5.32 Å². The lowest BCUT2D eigenvalue weighted by atomic mass is 9.99. The average Bonchev–Trinajstić information content (AvgIpc) is 2.89. The minimum absolute atomic E-state index is 0.233. The highest BCUT2D eigenvalue weighted by atomic mass is 32.1. The number of hydrogen-bond donors (Lipinski definition) is 1. The maximum atomic E-state index is 13.2. The highest BCUT2D eigenvalue weighted by Crippen LogP contribution is 2.27. The molecule has 1 aromatic heterocycles. The quantitative estimate of drug-likeness (QED) is 0.905. The maximum Gasteiger partial charge on any atom is 0.147 e. The molecule has 3 rings (SSSR count). The Labute approximate surface area is 109 Å². The van der Waals surface area contributed by atoms with Crippen molar-refractivity contribution < 1.29 is 4.39 Å². The van der Waals surface area contributed by atoms with Gasteiger partial charge in [0, 0.05) is 18.0 Å². The zero-order valence-corrected chi connectivity index (χ0v) is 10.7. The van der Waals surface area contributed by atoms with E-state index in [4.69, 9.17) is 0 Å². The number of benzene rings is 1. The van der Waals surface area contributed by atoms with Crippen molar-refractivity contribution >= 4 is 11.5 Å². The Morgan fingerprint density at radius 1 is 1.39 bits per heavy atom. The third kappa shape index (κ3) is 2.42. The summed E-state index contributed by atoms with van der Waals surface area (Å²) in [5.74, 6) is 1.06. The van der Waals surface area contributed by atoms with E-state index in [-0.39, 0.29) is 5.82 Å². The second kappa shape index (κ2) is 5.12. The molecular formula is C13H14FN3S. The highest BCUT2D eigenvalue weighted by Gasteiger charge is 2.19. The largest absolute Gasteiger partial charge is 0.316 e. The zero-order valence-electron chi connectivity index (χ0n) is 9.90. The number of piperidine rings is 1. The van der Waals surface area contributed by atoms with Gasteiger partial charge in [0.05, 0.1) is 0 Å². The molecule has 2 aromatic rings. The van der Waals surface area contributed by atoms with Crippen LogP contribution in [0.15, 0.2) is 24.3 Å². The van der Waals surface area contributed by atoms with Crippen LogP contribution in [0, 0.1) is 5.82 Å². The van der Waals surface area contributed by atoms with Crippen LogP contribution in [0.5, 0.6) is 0 Å². The lowest BCUT2D eigenvalue weighted by Crippen LogP contribution is -2.28. The van der Waals surface area contributed by atoms with E-state index in [2.05, 4.69) is 14.7 Å². The van der Waals surface area contributed by atoms with E-state index < -0.39 is 0 Å². The van der Waals surface area contributed by atoms with Gasteiger partial charge in [0.15, 0.2) is 0 Å². The third-order valence-electron chi connectivity index (χ3n) is 3.18. The van der Waals surface area contributed by atoms with Crippen molar-refractivity contribution in [1.29, 1.82) is 0 Å². The summed E-state index contributed by atoms with van der Waals surface area (Å²) in [5, 5.41) is 4.16. The van der Waals surface area contributed by atoms with Gasteiger partial charge in [0.1, 0.15) is 16.6 Å². The molecule has 1 aliphatic heterocycles. The SMILES string of the molecule is Fc1cccc(-c2nc(C3CCCNC3)ns2)c1. The average molecular weight is 263 g/mol. The van der Waals surface area contributed by atoms with Crippen molar-refractivity contribution in [2.75, 3.05) is 13.1 Å². The minimum Gasteiger partial charge on any atom is -0.316 e. The molecule has 1 aliphatic rings. The Morgan fingerprint density at radius 2 is 2.33 bits per heavy atom. The van der Waals surface area contributed by atoms with Crippen molar-refractivity contribution in [2.24, 2.45) is 0 Å². The molecule has 2 heterocycles. The van der Waals surface area contributed by atoms with Crippen LogP contribution in [-0.2, 0) is 0 Å². The number of nitrogens with one attached hydrogen (secondary N) is 1. The molecule has 0 aliphatic carbocycles. The fraction of sp³-hybridized carbons (Fsp3) is 0.385. The van der Waals surface area contributed by atoms with Crippen LogP contribution < -0.4 is 5.32 Å². The fourth-order valence-corrected chi connectivity index (χ4v) is 2.95. The van der Waals surface area contributed by atoms with Crippen LogP contribution in [0.2, 0.25) is 0 Å². The molecule has 1 N–H and O–H groups in total. The van der Waals surface area contributed by atoms with Crippen LogP contribution in [0.4, 0.5) is 4.39 Å². The van der Waals surface area contributed by atoms with Crippen LogP contribution in [0.25, 0.3) is 10.6 Å². The van der Waals surface area contributed by atoms with Crippen LogP contribution in [0.1, 0.15) is 24.6 Å². The van der Waals surface area contributed by atoms with Gasteiger partial charge in [0.2, 0.25) is 0 Å². The fourth-order valence-electron chi connectivity index (χ4n) is 2.21. The van der Waals surface area contributed by atoms with Gasteiger partial charge in [0.25, 0.3) is 0 Å². The second-order valence-corrected chi connectivity index (χ2v) is 5.26. The molecule has 1 fully saturated rings. The van der Waals surface area contributed by atoms with E-state index >= 15 is 0 Å². The predicted molar refractivity (Wildman–Crippen MR) is 70.1 cm³/mol. The standard InChI is InChI=1S/C13H14FN3S/c14-11-5-1-3-9(7-11)13-16-12(17-18-13)10-4-2-6-15-8-10/h1,3,5,7,10,15H,2,4,6,8H2. The first-order valence-corrected chi connectivity index (χ1v) is 6.90. The Kier molecular flexibility index (Phi) is 3.34. The Balaban J connectivity index is 1.84. The summed E-state index contributed by atoms with van der Waals surface area (Å²) in [5.41, 5.74) is 0.808. The van der Waals surface area contributed by atoms with Gasteiger partial charge in [-0.15, -0.1) is 0 Å². The molecular weight excluding hydrogens is 249 g/mol. The molecule has 0 amide bonds. The first kappa shape index (κ1) is 11.7. The maximum absolute atomic E-state index is 13.2. The first-order chi connectivity index (χ1) is 8.83. The first-order valence-electron chi connectivity index (χ1n) is 6.13. The summed E-state index contributed by atoms with van der Waals surface area (Å²) in [6, 6.07) is 6.51. The molecule has 3 nitrogen and oxygen atoms in total. The second-order valence-electron chi connectivity index (χ2n) is 4.51. The molecule has 1 aromatic carbocycles. The Hall–Kier alpha value is -1.33. The Bertz CT molecular complexity index is 535. The van der Waals surface area contributed by atoms with Crippen molar-refractivity contribution in [2.45, 2.75) is 18.8 Å².